The lowest BCUT2D eigenvalue weighted by atomic mass is 9.42. The number of nitrogens with zero attached hydrogens (tertiary/aromatic N) is 2. The highest BCUT2D eigenvalue weighted by Gasteiger charge is 2.49. The van der Waals surface area contributed by atoms with E-state index in [9.17, 15) is 0 Å². The number of hydrogen-bond acceptors (Lipinski definition) is 3. The van der Waals surface area contributed by atoms with E-state index in [1.54, 1.807) is 0 Å². The van der Waals surface area contributed by atoms with Crippen LogP contribution in [-0.2, 0) is 37.9 Å². The zero-order valence-electron chi connectivity index (χ0n) is 43.9. The van der Waals surface area contributed by atoms with E-state index in [0.29, 0.717) is 0 Å². The van der Waals surface area contributed by atoms with E-state index in [4.69, 9.17) is 0 Å². The van der Waals surface area contributed by atoms with Crippen LogP contribution in [0.15, 0.2) is 97.1 Å². The predicted molar refractivity (Wildman–Crippen MR) is 298 cm³/mol. The predicted octanol–water partition coefficient (Wildman–Crippen LogP) is 17.1. The highest BCUT2D eigenvalue weighted by Crippen LogP contribution is 2.56. The van der Waals surface area contributed by atoms with Gasteiger partial charge in [0.15, 0.2) is 0 Å². The fourth-order valence-electron chi connectivity index (χ4n) is 13.7. The Bertz CT molecular complexity index is 3310. The van der Waals surface area contributed by atoms with Crippen molar-refractivity contribution in [3.63, 3.8) is 0 Å². The minimum absolute atomic E-state index is 0.0449. The fraction of sp³-hybridized carbons (Fsp3) is 0.438. The molecule has 0 spiro atoms. The summed E-state index contributed by atoms with van der Waals surface area (Å²) >= 11 is 1.95. The molecule has 68 heavy (non-hydrogen) atoms. The number of anilines is 5. The van der Waals surface area contributed by atoms with Gasteiger partial charge in [-0.15, -0.1) is 11.3 Å². The number of rotatable bonds is 2. The van der Waals surface area contributed by atoms with Crippen LogP contribution in [0.3, 0.4) is 0 Å². The molecule has 12 rings (SSSR count). The largest absolute Gasteiger partial charge is 0.376 e. The summed E-state index contributed by atoms with van der Waals surface area (Å²) in [5, 5.41) is 2.71. The molecule has 0 radical (unpaired) electrons. The summed E-state index contributed by atoms with van der Waals surface area (Å²) in [6, 6.07) is 40.1. The van der Waals surface area contributed by atoms with Crippen molar-refractivity contribution in [1.29, 1.82) is 0 Å². The summed E-state index contributed by atoms with van der Waals surface area (Å²) in [6.07, 6.45) is 7.14. The molecule has 7 aromatic rings. The van der Waals surface area contributed by atoms with E-state index in [2.05, 4.69) is 211 Å². The third-order valence-corrected chi connectivity index (χ3v) is 19.7. The van der Waals surface area contributed by atoms with Crippen molar-refractivity contribution in [3.8, 4) is 11.1 Å². The molecule has 5 aliphatic rings. The van der Waals surface area contributed by atoms with Crippen molar-refractivity contribution in [2.24, 2.45) is 0 Å². The number of benzene rings is 6. The third-order valence-electron chi connectivity index (χ3n) is 18.6. The number of thiophene rings is 1. The second kappa shape index (κ2) is 14.0. The summed E-state index contributed by atoms with van der Waals surface area (Å²) in [5.41, 5.74) is 23.0. The lowest BCUT2D eigenvalue weighted by Gasteiger charge is -2.49. The number of fused-ring (bicyclic) bond motifs is 10. The molecular formula is C64H73BN2S. The molecule has 0 saturated heterocycles. The van der Waals surface area contributed by atoms with Crippen molar-refractivity contribution in [2.75, 3.05) is 9.71 Å². The maximum atomic E-state index is 2.82. The summed E-state index contributed by atoms with van der Waals surface area (Å²) in [6.45, 7) is 37.0. The zero-order valence-corrected chi connectivity index (χ0v) is 44.7. The lowest BCUT2D eigenvalue weighted by molar-refractivity contribution is 0.332. The second-order valence-electron chi connectivity index (χ2n) is 27.0. The van der Waals surface area contributed by atoms with Crippen LogP contribution in [0.4, 0.5) is 28.4 Å². The molecule has 0 bridgehead atoms. The first-order valence-electron chi connectivity index (χ1n) is 26.0. The normalized spacial score (nSPS) is 20.8. The molecule has 2 aliphatic heterocycles. The average Bonchev–Trinajstić information content (AvgIpc) is 3.64. The van der Waals surface area contributed by atoms with Crippen molar-refractivity contribution < 1.29 is 0 Å². The van der Waals surface area contributed by atoms with Crippen molar-refractivity contribution in [1.82, 2.24) is 0 Å². The van der Waals surface area contributed by atoms with Crippen LogP contribution >= 0.6 is 11.3 Å². The quantitative estimate of drug-likeness (QED) is 0.160. The molecule has 2 nitrogen and oxygen atoms in total. The summed E-state index contributed by atoms with van der Waals surface area (Å²) in [7, 11) is 0. The molecule has 0 atom stereocenters. The van der Waals surface area contributed by atoms with Gasteiger partial charge in [0.1, 0.15) is 0 Å². The molecule has 0 unspecified atom stereocenters. The van der Waals surface area contributed by atoms with Crippen LogP contribution in [0.2, 0.25) is 0 Å². The van der Waals surface area contributed by atoms with Crippen molar-refractivity contribution in [2.45, 2.75) is 180 Å². The Labute approximate surface area is 412 Å². The first-order chi connectivity index (χ1) is 31.8. The van der Waals surface area contributed by atoms with Gasteiger partial charge >= 0.3 is 6.85 Å². The van der Waals surface area contributed by atoms with Crippen molar-refractivity contribution in [3.05, 3.63) is 136 Å². The molecule has 0 fully saturated rings. The van der Waals surface area contributed by atoms with Gasteiger partial charge in [0, 0.05) is 54.2 Å². The Kier molecular flexibility index (Phi) is 9.12. The Morgan fingerprint density at radius 3 is 1.54 bits per heavy atom. The van der Waals surface area contributed by atoms with Gasteiger partial charge in [0.2, 0.25) is 0 Å². The SMILES string of the molecule is CC(C)(C)c1cc2c3c(c1)N(c1ccc4c(c1)C(C)(C)CCC4(C)C)c1cc4c(cc1B3N(c1ccc3c(c1)C(C)(C)CCC3(C)C)c1cc3sc5ccccc5c3cc1-2)C(C)(C)CCC4(C)C. The molecule has 6 aromatic carbocycles. The lowest BCUT2D eigenvalue weighted by Crippen LogP contribution is -2.62. The Morgan fingerprint density at radius 2 is 0.956 bits per heavy atom. The standard InChI is InChI=1S/C64H73BN2S/c1-58(2,3)38-30-44-42-34-43-41-18-16-17-19-55(41)68-56(43)37-52(42)67(40-21-23-46-48(33-40)62(10,11)27-25-60(46,6)7)65-51-35-49-50(64(14,15)29-28-63(49,12)13)36-53(51)66(54(31-38)57(44)65)39-20-22-45-47(32-39)61(8,9)26-24-59(45,4)5/h16-23,30-37H,24-29H2,1-15H3. The van der Waals surface area contributed by atoms with Crippen LogP contribution < -0.4 is 20.6 Å². The zero-order chi connectivity index (χ0) is 48.0. The summed E-state index contributed by atoms with van der Waals surface area (Å²) < 4.78 is 2.71. The molecule has 4 heteroatoms. The Morgan fingerprint density at radius 1 is 0.441 bits per heavy atom. The van der Waals surface area contributed by atoms with Gasteiger partial charge < -0.3 is 9.71 Å². The molecule has 348 valence electrons. The molecule has 1 aromatic heterocycles. The maximum absolute atomic E-state index is 2.82. The van der Waals surface area contributed by atoms with E-state index in [-0.39, 0.29) is 44.8 Å². The van der Waals surface area contributed by atoms with Gasteiger partial charge in [-0.25, -0.2) is 0 Å². The molecule has 3 aliphatic carbocycles. The molecule has 0 saturated carbocycles. The van der Waals surface area contributed by atoms with Crippen LogP contribution in [0.25, 0.3) is 31.3 Å². The summed E-state index contributed by atoms with van der Waals surface area (Å²) in [4.78, 5) is 5.57. The number of hydrogen-bond donors (Lipinski definition) is 0. The van der Waals surface area contributed by atoms with Gasteiger partial charge in [0.25, 0.3) is 0 Å². The first kappa shape index (κ1) is 44.4. The van der Waals surface area contributed by atoms with E-state index in [0.717, 1.165) is 0 Å². The minimum Gasteiger partial charge on any atom is -0.376 e. The van der Waals surface area contributed by atoms with E-state index in [1.807, 2.05) is 11.3 Å². The Balaban J connectivity index is 1.24. The van der Waals surface area contributed by atoms with E-state index < -0.39 is 0 Å². The first-order valence-corrected chi connectivity index (χ1v) is 26.8. The van der Waals surface area contributed by atoms with Gasteiger partial charge in [-0.3, -0.25) is 0 Å². The van der Waals surface area contributed by atoms with Crippen LogP contribution in [0, 0.1) is 0 Å². The topological polar surface area (TPSA) is 6.48 Å². The molecule has 0 N–H and O–H groups in total. The van der Waals surface area contributed by atoms with Crippen molar-refractivity contribution >= 4 is 77.7 Å². The Hall–Kier alpha value is -4.80. The monoisotopic (exact) mass is 913 g/mol. The van der Waals surface area contributed by atoms with E-state index >= 15 is 0 Å². The van der Waals surface area contributed by atoms with Gasteiger partial charge in [-0.05, 0) is 186 Å². The average molecular weight is 913 g/mol. The smallest absolute Gasteiger partial charge is 0.333 e. The van der Waals surface area contributed by atoms with Crippen LogP contribution in [0.5, 0.6) is 0 Å². The summed E-state index contributed by atoms with van der Waals surface area (Å²) in [5.74, 6) is 0. The van der Waals surface area contributed by atoms with Crippen LogP contribution in [0.1, 0.15) is 181 Å². The fourth-order valence-corrected chi connectivity index (χ4v) is 14.8. The molecule has 3 heterocycles. The van der Waals surface area contributed by atoms with Gasteiger partial charge in [0.05, 0.1) is 0 Å². The molecular weight excluding hydrogens is 840 g/mol. The highest BCUT2D eigenvalue weighted by molar-refractivity contribution is 7.25. The van der Waals surface area contributed by atoms with Crippen LogP contribution in [-0.4, -0.2) is 6.85 Å². The van der Waals surface area contributed by atoms with Gasteiger partial charge in [-0.1, -0.05) is 146 Å². The highest BCUT2D eigenvalue weighted by atomic mass is 32.1. The molecule has 0 amide bonds. The maximum Gasteiger partial charge on any atom is 0.333 e. The minimum atomic E-state index is -0.0793. The third kappa shape index (κ3) is 6.33. The second-order valence-corrected chi connectivity index (χ2v) is 28.1. The van der Waals surface area contributed by atoms with Gasteiger partial charge in [-0.2, -0.15) is 0 Å². The van der Waals surface area contributed by atoms with E-state index in [1.165, 1.54) is 148 Å².